The molecule has 1 aromatic rings. The quantitative estimate of drug-likeness (QED) is 0.226. The molecule has 0 bridgehead atoms. The summed E-state index contributed by atoms with van der Waals surface area (Å²) >= 11 is 0. The largest absolute Gasteiger partial charge is 1.00 e. The third-order valence-electron chi connectivity index (χ3n) is 8.23. The number of carboxylic acid groups (broad SMARTS) is 2. The molecule has 0 fully saturated rings. The van der Waals surface area contributed by atoms with Crippen LogP contribution in [0, 0.1) is 6.92 Å². The first-order valence-corrected chi connectivity index (χ1v) is 14.0. The monoisotopic (exact) mass is 608 g/mol. The first kappa shape index (κ1) is 34.5. The van der Waals surface area contributed by atoms with Crippen LogP contribution >= 0.6 is 0 Å². The van der Waals surface area contributed by atoms with Crippen molar-refractivity contribution in [2.24, 2.45) is 4.99 Å². The molecule has 3 aliphatic heterocycles. The van der Waals surface area contributed by atoms with Crippen LogP contribution in [0.15, 0.2) is 81.2 Å². The van der Waals surface area contributed by atoms with Crippen molar-refractivity contribution in [3.63, 3.8) is 0 Å². The summed E-state index contributed by atoms with van der Waals surface area (Å²) < 4.78 is 0. The molecule has 0 aromatic carbocycles. The van der Waals surface area contributed by atoms with Crippen LogP contribution in [0.3, 0.4) is 0 Å². The molecule has 1 atom stereocenters. The van der Waals surface area contributed by atoms with E-state index in [1.807, 2.05) is 26.8 Å². The number of carbonyl (C=O) groups excluding carboxylic acids is 2. The fourth-order valence-electron chi connectivity index (χ4n) is 5.72. The van der Waals surface area contributed by atoms with Gasteiger partial charge in [-0.2, -0.15) is 0 Å². The molecular formula is C33H37N4NaO6. The van der Waals surface area contributed by atoms with Gasteiger partial charge in [0, 0.05) is 53.1 Å². The molecule has 0 radical (unpaired) electrons. The van der Waals surface area contributed by atoms with Gasteiger partial charge in [0.05, 0.1) is 17.5 Å². The normalized spacial score (nSPS) is 19.9. The Morgan fingerprint density at radius 1 is 0.864 bits per heavy atom. The predicted molar refractivity (Wildman–Crippen MR) is 165 cm³/mol. The Bertz CT molecular complexity index is 1670. The molecule has 10 nitrogen and oxygen atoms in total. The number of aromatic amines is 1. The van der Waals surface area contributed by atoms with Gasteiger partial charge in [-0.1, -0.05) is 25.3 Å². The van der Waals surface area contributed by atoms with Gasteiger partial charge in [0.25, 0.3) is 11.8 Å². The Kier molecular flexibility index (Phi) is 11.1. The second-order valence-corrected chi connectivity index (χ2v) is 10.8. The second kappa shape index (κ2) is 14.2. The minimum Gasteiger partial charge on any atom is -1.00 e. The molecular weight excluding hydrogens is 571 g/mol. The topological polar surface area (TPSA) is 161 Å². The third kappa shape index (κ3) is 7.04. The van der Waals surface area contributed by atoms with Crippen molar-refractivity contribution in [1.29, 1.82) is 0 Å². The minimum atomic E-state index is -0.923. The van der Waals surface area contributed by atoms with E-state index in [1.165, 1.54) is 6.08 Å². The van der Waals surface area contributed by atoms with Crippen LogP contribution in [0.1, 0.15) is 64.0 Å². The Morgan fingerprint density at radius 3 is 2.07 bits per heavy atom. The van der Waals surface area contributed by atoms with Gasteiger partial charge in [0.2, 0.25) is 0 Å². The average molecular weight is 609 g/mol. The summed E-state index contributed by atoms with van der Waals surface area (Å²) in [5.74, 6) is -2.29. The predicted octanol–water partition coefficient (Wildman–Crippen LogP) is 1.49. The van der Waals surface area contributed by atoms with Crippen molar-refractivity contribution in [2.45, 2.75) is 65.8 Å². The SMILES string of the molecule is C=CC1=C(C)C(=CC2=NC(Cc3[nH]c(C=C4NC(=O)C(C)=C4C=C)c(C)c3CCC(=O)O)C(CCC(=O)O)=C2C)NC1=O.[H-].[Na+]. The number of allylic oxidation sites excluding steroid dienone is 4. The molecule has 4 heterocycles. The molecule has 44 heavy (non-hydrogen) atoms. The summed E-state index contributed by atoms with van der Waals surface area (Å²) in [6.45, 7) is 14.9. The first-order valence-electron chi connectivity index (χ1n) is 14.0. The van der Waals surface area contributed by atoms with Crippen molar-refractivity contribution in [2.75, 3.05) is 0 Å². The smallest absolute Gasteiger partial charge is 1.00 e. The van der Waals surface area contributed by atoms with Gasteiger partial charge in [-0.25, -0.2) is 0 Å². The Morgan fingerprint density at radius 2 is 1.48 bits per heavy atom. The van der Waals surface area contributed by atoms with E-state index in [4.69, 9.17) is 4.99 Å². The molecule has 1 aromatic heterocycles. The van der Waals surface area contributed by atoms with Gasteiger partial charge in [-0.15, -0.1) is 0 Å². The van der Waals surface area contributed by atoms with E-state index in [-0.39, 0.29) is 62.1 Å². The zero-order chi connectivity index (χ0) is 31.6. The summed E-state index contributed by atoms with van der Waals surface area (Å²) in [6, 6.07) is -0.398. The van der Waals surface area contributed by atoms with Crippen molar-refractivity contribution in [3.05, 3.63) is 98.7 Å². The van der Waals surface area contributed by atoms with E-state index in [1.54, 1.807) is 19.1 Å². The molecule has 4 rings (SSSR count). The van der Waals surface area contributed by atoms with Gasteiger partial charge >= 0.3 is 41.5 Å². The van der Waals surface area contributed by atoms with E-state index < -0.39 is 18.0 Å². The number of aliphatic imine (C=N–C) groups is 1. The number of aliphatic carboxylic acids is 2. The molecule has 0 saturated carbocycles. The van der Waals surface area contributed by atoms with Crippen LogP contribution in [0.4, 0.5) is 0 Å². The zero-order valence-corrected chi connectivity index (χ0v) is 27.8. The van der Waals surface area contributed by atoms with Gasteiger partial charge in [-0.3, -0.25) is 24.2 Å². The number of carbonyl (C=O) groups is 4. The van der Waals surface area contributed by atoms with E-state index in [0.29, 0.717) is 46.7 Å². The zero-order valence-electron chi connectivity index (χ0n) is 26.8. The fourth-order valence-corrected chi connectivity index (χ4v) is 5.72. The molecule has 0 saturated heterocycles. The molecule has 3 aliphatic rings. The second-order valence-electron chi connectivity index (χ2n) is 10.8. The van der Waals surface area contributed by atoms with Crippen molar-refractivity contribution in [1.82, 2.24) is 15.6 Å². The summed E-state index contributed by atoms with van der Waals surface area (Å²) in [5, 5.41) is 24.6. The summed E-state index contributed by atoms with van der Waals surface area (Å²) in [6.07, 6.45) is 7.58. The number of carboxylic acids is 2. The number of amides is 2. The van der Waals surface area contributed by atoms with Gasteiger partial charge < -0.3 is 27.3 Å². The maximum Gasteiger partial charge on any atom is 1.00 e. The minimum absolute atomic E-state index is 0. The number of hydrogen-bond donors (Lipinski definition) is 5. The number of rotatable bonds is 12. The van der Waals surface area contributed by atoms with Crippen molar-refractivity contribution in [3.8, 4) is 0 Å². The Hall–Kier alpha value is -3.99. The van der Waals surface area contributed by atoms with Crippen LogP contribution in [-0.2, 0) is 32.0 Å². The van der Waals surface area contributed by atoms with Gasteiger partial charge in [0.15, 0.2) is 0 Å². The number of hydrogen-bond acceptors (Lipinski definition) is 5. The van der Waals surface area contributed by atoms with Gasteiger partial charge in [0.1, 0.15) is 0 Å². The van der Waals surface area contributed by atoms with Gasteiger partial charge in [-0.05, 0) is 80.5 Å². The summed E-state index contributed by atoms with van der Waals surface area (Å²) in [7, 11) is 0. The molecule has 5 N–H and O–H groups in total. The number of H-pyrrole nitrogens is 1. The van der Waals surface area contributed by atoms with E-state index in [2.05, 4.69) is 28.8 Å². The molecule has 2 amide bonds. The van der Waals surface area contributed by atoms with Crippen LogP contribution in [0.25, 0.3) is 6.08 Å². The molecule has 0 spiro atoms. The number of nitrogens with zero attached hydrogens (tertiary/aromatic N) is 1. The number of nitrogens with one attached hydrogen (secondary N) is 3. The third-order valence-corrected chi connectivity index (χ3v) is 8.23. The standard InChI is InChI=1S/C33H36N4O6.Na.H/c1-7-20-19(6)32(42)37-27(20)14-25-18(5)23(10-12-31(40)41)29(35-25)15-28-22(9-11-30(38)39)17(4)24(34-28)13-26-16(3)21(8-2)33(43)36-26;;/h7-8,13-14,28,35H,1-2,9-12,15H2,3-6H3,(H,36,43)(H,37,42)(H,38,39)(H,40,41);;/q;+1;-1. The molecule has 1 unspecified atom stereocenters. The molecule has 0 aliphatic carbocycles. The van der Waals surface area contributed by atoms with Crippen molar-refractivity contribution >= 4 is 35.5 Å². The molecule has 226 valence electrons. The van der Waals surface area contributed by atoms with Crippen LogP contribution in [-0.4, -0.2) is 50.7 Å². The summed E-state index contributed by atoms with van der Waals surface area (Å²) in [5.41, 5.74) is 9.29. The maximum atomic E-state index is 12.3. The van der Waals surface area contributed by atoms with Crippen LogP contribution < -0.4 is 40.2 Å². The van der Waals surface area contributed by atoms with E-state index in [9.17, 15) is 29.4 Å². The van der Waals surface area contributed by atoms with Crippen LogP contribution in [0.2, 0.25) is 0 Å². The maximum absolute atomic E-state index is 12.3. The fraction of sp³-hybridized carbons (Fsp3) is 0.303. The average Bonchev–Trinajstić information content (AvgIpc) is 3.59. The van der Waals surface area contributed by atoms with E-state index >= 15 is 0 Å². The Balaban J connectivity index is 0.00000353. The van der Waals surface area contributed by atoms with E-state index in [0.717, 1.165) is 39.2 Å². The van der Waals surface area contributed by atoms with Crippen molar-refractivity contribution < 1.29 is 60.4 Å². The number of aromatic nitrogens is 1. The first-order chi connectivity index (χ1) is 20.4. The van der Waals surface area contributed by atoms with Crippen LogP contribution in [0.5, 0.6) is 0 Å². The molecule has 11 heteroatoms. The Labute approximate surface area is 280 Å². The summed E-state index contributed by atoms with van der Waals surface area (Å²) in [4.78, 5) is 56.0.